The topological polar surface area (TPSA) is 26.0 Å². The van der Waals surface area contributed by atoms with Gasteiger partial charge in [-0.2, -0.15) is 13.2 Å². The van der Waals surface area contributed by atoms with Crippen molar-refractivity contribution in [3.63, 3.8) is 0 Å². The summed E-state index contributed by atoms with van der Waals surface area (Å²) in [7, 11) is 0. The van der Waals surface area contributed by atoms with Crippen molar-refractivity contribution in [2.45, 2.75) is 26.1 Å². The molecule has 0 bridgehead atoms. The maximum atomic E-state index is 12.7. The molecule has 5 heteroatoms. The van der Waals surface area contributed by atoms with Crippen LogP contribution in [-0.4, -0.2) is 0 Å². The van der Waals surface area contributed by atoms with Crippen molar-refractivity contribution < 1.29 is 13.2 Å². The molecule has 2 N–H and O–H groups in total. The number of halogens is 4. The molecule has 0 heterocycles. The Morgan fingerprint density at radius 1 is 1.00 bits per heavy atom. The molecule has 0 aliphatic rings. The lowest BCUT2D eigenvalue weighted by molar-refractivity contribution is -0.137. The highest BCUT2D eigenvalue weighted by atomic mass is 35.5. The molecule has 0 aliphatic heterocycles. The van der Waals surface area contributed by atoms with Crippen LogP contribution >= 0.6 is 11.6 Å². The van der Waals surface area contributed by atoms with Gasteiger partial charge in [-0.05, 0) is 54.3 Å². The van der Waals surface area contributed by atoms with E-state index < -0.39 is 17.8 Å². The van der Waals surface area contributed by atoms with Crippen molar-refractivity contribution in [1.29, 1.82) is 0 Å². The predicted molar refractivity (Wildman–Crippen MR) is 78.4 cm³/mol. The number of nitrogens with two attached hydrogens (primary N) is 1. The number of aryl methyl sites for hydroxylation is 2. The second kappa shape index (κ2) is 5.70. The van der Waals surface area contributed by atoms with Gasteiger partial charge in [-0.25, -0.2) is 0 Å². The second-order valence-electron chi connectivity index (χ2n) is 5.06. The summed E-state index contributed by atoms with van der Waals surface area (Å²) in [6.45, 7) is 3.50. The third-order valence-corrected chi connectivity index (χ3v) is 3.89. The second-order valence-corrected chi connectivity index (χ2v) is 5.46. The molecule has 0 saturated heterocycles. The highest BCUT2D eigenvalue weighted by molar-refractivity contribution is 6.31. The SMILES string of the molecule is Cc1ccc(C(N)c2ccc(C(F)(F)F)cc2C)cc1Cl. The van der Waals surface area contributed by atoms with Crippen LogP contribution in [0.3, 0.4) is 0 Å². The summed E-state index contributed by atoms with van der Waals surface area (Å²) >= 11 is 6.07. The smallest absolute Gasteiger partial charge is 0.320 e. The number of rotatable bonds is 2. The first-order chi connectivity index (χ1) is 9.70. The third kappa shape index (κ3) is 3.39. The molecule has 0 fully saturated rings. The predicted octanol–water partition coefficient (Wildman–Crippen LogP) is 5.02. The van der Waals surface area contributed by atoms with E-state index in [-0.39, 0.29) is 0 Å². The largest absolute Gasteiger partial charge is 0.416 e. The normalized spacial score (nSPS) is 13.3. The van der Waals surface area contributed by atoms with Crippen molar-refractivity contribution in [2.75, 3.05) is 0 Å². The number of hydrogen-bond acceptors (Lipinski definition) is 1. The van der Waals surface area contributed by atoms with Crippen LogP contribution in [-0.2, 0) is 6.18 Å². The highest BCUT2D eigenvalue weighted by Crippen LogP contribution is 2.33. The van der Waals surface area contributed by atoms with E-state index in [4.69, 9.17) is 17.3 Å². The lowest BCUT2D eigenvalue weighted by Gasteiger charge is -2.17. The van der Waals surface area contributed by atoms with Crippen LogP contribution in [0.1, 0.15) is 33.9 Å². The zero-order valence-electron chi connectivity index (χ0n) is 11.6. The molecular formula is C16H15ClF3N. The van der Waals surface area contributed by atoms with E-state index in [2.05, 4.69) is 0 Å². The van der Waals surface area contributed by atoms with Gasteiger partial charge in [0.15, 0.2) is 0 Å². The monoisotopic (exact) mass is 313 g/mol. The van der Waals surface area contributed by atoms with E-state index in [9.17, 15) is 13.2 Å². The standard InChI is InChI=1S/C16H15ClF3N/c1-9-3-4-11(8-14(9)17)15(21)13-6-5-12(7-10(13)2)16(18,19)20/h3-8,15H,21H2,1-2H3. The number of hydrogen-bond donors (Lipinski definition) is 1. The minimum absolute atomic E-state index is 0.508. The van der Waals surface area contributed by atoms with Gasteiger partial charge < -0.3 is 5.73 Å². The Morgan fingerprint density at radius 3 is 2.19 bits per heavy atom. The molecule has 0 amide bonds. The molecule has 0 aromatic heterocycles. The fourth-order valence-electron chi connectivity index (χ4n) is 2.18. The van der Waals surface area contributed by atoms with E-state index in [1.807, 2.05) is 19.1 Å². The lowest BCUT2D eigenvalue weighted by atomic mass is 9.94. The Bertz CT molecular complexity index is 665. The molecule has 21 heavy (non-hydrogen) atoms. The zero-order chi connectivity index (χ0) is 15.8. The molecule has 0 saturated carbocycles. The van der Waals surface area contributed by atoms with Crippen LogP contribution in [0.25, 0.3) is 0 Å². The molecule has 2 aromatic carbocycles. The molecule has 1 nitrogen and oxygen atoms in total. The zero-order valence-corrected chi connectivity index (χ0v) is 12.4. The Labute approximate surface area is 126 Å². The molecule has 0 aliphatic carbocycles. The van der Waals surface area contributed by atoms with Crippen LogP contribution in [0.5, 0.6) is 0 Å². The van der Waals surface area contributed by atoms with Crippen LogP contribution in [0.2, 0.25) is 5.02 Å². The van der Waals surface area contributed by atoms with Crippen LogP contribution in [0.15, 0.2) is 36.4 Å². The fourth-order valence-corrected chi connectivity index (χ4v) is 2.37. The van der Waals surface area contributed by atoms with E-state index in [0.29, 0.717) is 16.1 Å². The summed E-state index contributed by atoms with van der Waals surface area (Å²) < 4.78 is 38.0. The molecule has 2 aromatic rings. The maximum Gasteiger partial charge on any atom is 0.416 e. The summed E-state index contributed by atoms with van der Waals surface area (Å²) in [5.41, 5.74) is 8.35. The van der Waals surface area contributed by atoms with Gasteiger partial charge in [-0.1, -0.05) is 29.8 Å². The van der Waals surface area contributed by atoms with Crippen LogP contribution < -0.4 is 5.73 Å². The van der Waals surface area contributed by atoms with Gasteiger partial charge in [0.05, 0.1) is 11.6 Å². The summed E-state index contributed by atoms with van der Waals surface area (Å²) in [4.78, 5) is 0. The van der Waals surface area contributed by atoms with Gasteiger partial charge in [-0.15, -0.1) is 0 Å². The highest BCUT2D eigenvalue weighted by Gasteiger charge is 2.31. The fraction of sp³-hybridized carbons (Fsp3) is 0.250. The van der Waals surface area contributed by atoms with E-state index in [1.54, 1.807) is 13.0 Å². The Balaban J connectivity index is 2.39. The first kappa shape index (κ1) is 15.9. The van der Waals surface area contributed by atoms with Gasteiger partial charge in [-0.3, -0.25) is 0 Å². The Morgan fingerprint density at radius 2 is 1.67 bits per heavy atom. The van der Waals surface area contributed by atoms with Crippen molar-refractivity contribution >= 4 is 11.6 Å². The Hall–Kier alpha value is -1.52. The van der Waals surface area contributed by atoms with Crippen molar-refractivity contribution in [3.05, 3.63) is 69.2 Å². The van der Waals surface area contributed by atoms with Gasteiger partial charge in [0.2, 0.25) is 0 Å². The average molecular weight is 314 g/mol. The quantitative estimate of drug-likeness (QED) is 0.827. The van der Waals surface area contributed by atoms with Crippen molar-refractivity contribution in [2.24, 2.45) is 5.73 Å². The van der Waals surface area contributed by atoms with Crippen molar-refractivity contribution in [3.8, 4) is 0 Å². The molecule has 2 rings (SSSR count). The Kier molecular flexibility index (Phi) is 4.30. The molecular weight excluding hydrogens is 299 g/mol. The molecule has 112 valence electrons. The van der Waals surface area contributed by atoms with Gasteiger partial charge >= 0.3 is 6.18 Å². The minimum atomic E-state index is -4.35. The number of alkyl halides is 3. The van der Waals surface area contributed by atoms with Gasteiger partial charge in [0.1, 0.15) is 0 Å². The maximum absolute atomic E-state index is 12.7. The van der Waals surface area contributed by atoms with E-state index in [1.165, 1.54) is 6.07 Å². The van der Waals surface area contributed by atoms with E-state index >= 15 is 0 Å². The summed E-state index contributed by atoms with van der Waals surface area (Å²) in [5.74, 6) is 0. The molecule has 1 unspecified atom stereocenters. The minimum Gasteiger partial charge on any atom is -0.320 e. The molecule has 0 spiro atoms. The summed E-state index contributed by atoms with van der Waals surface area (Å²) in [6.07, 6.45) is -4.35. The lowest BCUT2D eigenvalue weighted by Crippen LogP contribution is -2.14. The third-order valence-electron chi connectivity index (χ3n) is 3.49. The van der Waals surface area contributed by atoms with Crippen molar-refractivity contribution in [1.82, 2.24) is 0 Å². The van der Waals surface area contributed by atoms with Crippen LogP contribution in [0, 0.1) is 13.8 Å². The molecule has 0 radical (unpaired) electrons. The molecule has 1 atom stereocenters. The number of benzene rings is 2. The van der Waals surface area contributed by atoms with Gasteiger partial charge in [0.25, 0.3) is 0 Å². The summed E-state index contributed by atoms with van der Waals surface area (Å²) in [6, 6.07) is 8.52. The summed E-state index contributed by atoms with van der Waals surface area (Å²) in [5, 5.41) is 0.590. The van der Waals surface area contributed by atoms with Gasteiger partial charge in [0, 0.05) is 5.02 Å². The first-order valence-corrected chi connectivity index (χ1v) is 6.77. The first-order valence-electron chi connectivity index (χ1n) is 6.39. The van der Waals surface area contributed by atoms with E-state index in [0.717, 1.165) is 23.3 Å². The average Bonchev–Trinajstić information content (AvgIpc) is 2.40. The van der Waals surface area contributed by atoms with Crippen LogP contribution in [0.4, 0.5) is 13.2 Å².